The van der Waals surface area contributed by atoms with Gasteiger partial charge in [-0.1, -0.05) is 6.07 Å². The minimum Gasteiger partial charge on any atom is -0.493 e. The summed E-state index contributed by atoms with van der Waals surface area (Å²) in [5, 5.41) is 6.67. The van der Waals surface area contributed by atoms with Crippen molar-refractivity contribution in [2.45, 2.75) is 45.8 Å². The zero-order valence-electron chi connectivity index (χ0n) is 15.9. The van der Waals surface area contributed by atoms with Gasteiger partial charge >= 0.3 is 0 Å². The van der Waals surface area contributed by atoms with Crippen LogP contribution in [0.2, 0.25) is 0 Å². The van der Waals surface area contributed by atoms with Crippen LogP contribution in [-0.4, -0.2) is 45.0 Å². The summed E-state index contributed by atoms with van der Waals surface area (Å²) in [5.41, 5.74) is 0.972. The standard InChI is InChI=1S/C19H31N3O3/c1-5-20-18(22-14-19(3)10-7-11-25-19)21-13-15-8-9-16(24-6-2)17(12-15)23-4/h8-9,12H,5-7,10-11,13-14H2,1-4H3,(H2,20,21,22). The lowest BCUT2D eigenvalue weighted by Crippen LogP contribution is -2.45. The molecule has 25 heavy (non-hydrogen) atoms. The SMILES string of the molecule is CCNC(=NCc1ccc(OCC)c(OC)c1)NCC1(C)CCCO1. The number of benzene rings is 1. The van der Waals surface area contributed by atoms with E-state index in [4.69, 9.17) is 14.2 Å². The molecule has 0 saturated carbocycles. The van der Waals surface area contributed by atoms with Crippen LogP contribution >= 0.6 is 0 Å². The van der Waals surface area contributed by atoms with Gasteiger partial charge < -0.3 is 24.8 Å². The number of methoxy groups -OCH3 is 1. The van der Waals surface area contributed by atoms with Crippen molar-refractivity contribution in [3.63, 3.8) is 0 Å². The minimum absolute atomic E-state index is 0.0987. The number of hydrogen-bond donors (Lipinski definition) is 2. The molecule has 0 amide bonds. The van der Waals surface area contributed by atoms with Gasteiger partial charge in [0.2, 0.25) is 0 Å². The molecule has 1 aromatic rings. The maximum Gasteiger partial charge on any atom is 0.191 e. The fraction of sp³-hybridized carbons (Fsp3) is 0.632. The van der Waals surface area contributed by atoms with E-state index in [1.54, 1.807) is 7.11 Å². The number of hydrogen-bond acceptors (Lipinski definition) is 4. The summed E-state index contributed by atoms with van der Waals surface area (Å²) in [6.07, 6.45) is 2.20. The van der Waals surface area contributed by atoms with Crippen LogP contribution in [0.15, 0.2) is 23.2 Å². The molecule has 2 N–H and O–H groups in total. The van der Waals surface area contributed by atoms with Gasteiger partial charge in [-0.3, -0.25) is 0 Å². The molecule has 1 saturated heterocycles. The number of rotatable bonds is 8. The Morgan fingerprint density at radius 2 is 2.12 bits per heavy atom. The van der Waals surface area contributed by atoms with Crippen molar-refractivity contribution in [1.82, 2.24) is 10.6 Å². The van der Waals surface area contributed by atoms with Crippen LogP contribution in [0.1, 0.15) is 39.2 Å². The zero-order valence-corrected chi connectivity index (χ0v) is 15.9. The van der Waals surface area contributed by atoms with Crippen molar-refractivity contribution in [3.05, 3.63) is 23.8 Å². The maximum absolute atomic E-state index is 5.82. The van der Waals surface area contributed by atoms with E-state index in [0.717, 1.165) is 55.6 Å². The van der Waals surface area contributed by atoms with Gasteiger partial charge in [0.1, 0.15) is 0 Å². The molecule has 0 radical (unpaired) electrons. The summed E-state index contributed by atoms with van der Waals surface area (Å²) in [7, 11) is 1.65. The summed E-state index contributed by atoms with van der Waals surface area (Å²) in [6, 6.07) is 5.92. The lowest BCUT2D eigenvalue weighted by Gasteiger charge is -2.24. The second-order valence-electron chi connectivity index (χ2n) is 6.37. The summed E-state index contributed by atoms with van der Waals surface area (Å²) >= 11 is 0. The Morgan fingerprint density at radius 3 is 2.76 bits per heavy atom. The van der Waals surface area contributed by atoms with Crippen LogP contribution in [0.3, 0.4) is 0 Å². The summed E-state index contributed by atoms with van der Waals surface area (Å²) < 4.78 is 16.8. The Bertz CT molecular complexity index is 569. The van der Waals surface area contributed by atoms with E-state index in [1.165, 1.54) is 0 Å². The highest BCUT2D eigenvalue weighted by Gasteiger charge is 2.29. The number of guanidine groups is 1. The first kappa shape index (κ1) is 19.4. The van der Waals surface area contributed by atoms with Gasteiger partial charge in [0.15, 0.2) is 17.5 Å². The van der Waals surface area contributed by atoms with E-state index < -0.39 is 0 Å². The van der Waals surface area contributed by atoms with E-state index in [2.05, 4.69) is 29.5 Å². The van der Waals surface area contributed by atoms with Crippen LogP contribution in [0.4, 0.5) is 0 Å². The summed E-state index contributed by atoms with van der Waals surface area (Å²) in [5.74, 6) is 2.29. The quantitative estimate of drug-likeness (QED) is 0.558. The lowest BCUT2D eigenvalue weighted by atomic mass is 10.0. The fourth-order valence-corrected chi connectivity index (χ4v) is 2.84. The van der Waals surface area contributed by atoms with E-state index in [9.17, 15) is 0 Å². The topological polar surface area (TPSA) is 64.1 Å². The molecule has 1 atom stereocenters. The van der Waals surface area contributed by atoms with Crippen LogP contribution < -0.4 is 20.1 Å². The Morgan fingerprint density at radius 1 is 1.28 bits per heavy atom. The van der Waals surface area contributed by atoms with Crippen molar-refractivity contribution in [1.29, 1.82) is 0 Å². The Labute approximate surface area is 151 Å². The van der Waals surface area contributed by atoms with Crippen LogP contribution in [0, 0.1) is 0 Å². The molecule has 2 rings (SSSR count). The average Bonchev–Trinajstić information content (AvgIpc) is 3.05. The largest absolute Gasteiger partial charge is 0.493 e. The Balaban J connectivity index is 1.99. The lowest BCUT2D eigenvalue weighted by molar-refractivity contribution is 0.0243. The van der Waals surface area contributed by atoms with Crippen LogP contribution in [-0.2, 0) is 11.3 Å². The molecular formula is C19H31N3O3. The smallest absolute Gasteiger partial charge is 0.191 e. The molecule has 0 spiro atoms. The number of aliphatic imine (C=N–C) groups is 1. The summed E-state index contributed by atoms with van der Waals surface area (Å²) in [4.78, 5) is 4.67. The Kier molecular flexibility index (Phi) is 7.37. The van der Waals surface area contributed by atoms with Gasteiger partial charge in [0, 0.05) is 19.7 Å². The maximum atomic E-state index is 5.82. The molecule has 0 bridgehead atoms. The van der Waals surface area contributed by atoms with Crippen LogP contribution in [0.5, 0.6) is 11.5 Å². The highest BCUT2D eigenvalue weighted by molar-refractivity contribution is 5.79. The van der Waals surface area contributed by atoms with Gasteiger partial charge in [-0.05, 0) is 51.3 Å². The summed E-state index contributed by atoms with van der Waals surface area (Å²) in [6.45, 7) is 9.76. The first-order chi connectivity index (χ1) is 12.1. The molecule has 6 heteroatoms. The van der Waals surface area contributed by atoms with Crippen molar-refractivity contribution in [2.24, 2.45) is 4.99 Å². The van der Waals surface area contributed by atoms with Crippen molar-refractivity contribution >= 4 is 5.96 Å². The molecule has 1 aliphatic rings. The highest BCUT2D eigenvalue weighted by Crippen LogP contribution is 2.28. The zero-order chi connectivity index (χ0) is 18.1. The van der Waals surface area contributed by atoms with Gasteiger partial charge in [-0.15, -0.1) is 0 Å². The van der Waals surface area contributed by atoms with Crippen LogP contribution in [0.25, 0.3) is 0 Å². The molecule has 1 heterocycles. The van der Waals surface area contributed by atoms with Gasteiger partial charge in [-0.25, -0.2) is 4.99 Å². The number of nitrogens with one attached hydrogen (secondary N) is 2. The molecular weight excluding hydrogens is 318 g/mol. The molecule has 6 nitrogen and oxygen atoms in total. The Hall–Kier alpha value is -1.95. The molecule has 1 aliphatic heterocycles. The molecule has 1 fully saturated rings. The van der Waals surface area contributed by atoms with E-state index in [-0.39, 0.29) is 5.60 Å². The average molecular weight is 349 g/mol. The first-order valence-electron chi connectivity index (χ1n) is 9.06. The molecule has 1 aromatic carbocycles. The normalized spacial score (nSPS) is 20.4. The predicted octanol–water partition coefficient (Wildman–Crippen LogP) is 2.72. The van der Waals surface area contributed by atoms with Crippen molar-refractivity contribution in [2.75, 3.05) is 33.4 Å². The van der Waals surface area contributed by atoms with Crippen molar-refractivity contribution < 1.29 is 14.2 Å². The van der Waals surface area contributed by atoms with Gasteiger partial charge in [0.05, 0.1) is 25.9 Å². The van der Waals surface area contributed by atoms with E-state index in [1.807, 2.05) is 25.1 Å². The third-order valence-corrected chi connectivity index (χ3v) is 4.22. The minimum atomic E-state index is -0.0987. The first-order valence-corrected chi connectivity index (χ1v) is 9.06. The van der Waals surface area contributed by atoms with Gasteiger partial charge in [-0.2, -0.15) is 0 Å². The fourth-order valence-electron chi connectivity index (χ4n) is 2.84. The van der Waals surface area contributed by atoms with Gasteiger partial charge in [0.25, 0.3) is 0 Å². The molecule has 140 valence electrons. The molecule has 0 aromatic heterocycles. The predicted molar refractivity (Wildman–Crippen MR) is 101 cm³/mol. The third-order valence-electron chi connectivity index (χ3n) is 4.22. The third kappa shape index (κ3) is 5.81. The number of ether oxygens (including phenoxy) is 3. The molecule has 0 aliphatic carbocycles. The second kappa shape index (κ2) is 9.51. The monoisotopic (exact) mass is 349 g/mol. The number of nitrogens with zero attached hydrogens (tertiary/aromatic N) is 1. The van der Waals surface area contributed by atoms with Crippen molar-refractivity contribution in [3.8, 4) is 11.5 Å². The van der Waals surface area contributed by atoms with E-state index in [0.29, 0.717) is 13.2 Å². The molecule has 1 unspecified atom stereocenters. The second-order valence-corrected chi connectivity index (χ2v) is 6.37. The van der Waals surface area contributed by atoms with E-state index >= 15 is 0 Å². The highest BCUT2D eigenvalue weighted by atomic mass is 16.5.